The van der Waals surface area contributed by atoms with Gasteiger partial charge in [-0.25, -0.2) is 12.8 Å². The first-order valence-corrected chi connectivity index (χ1v) is 8.96. The molecule has 6 heteroatoms. The van der Waals surface area contributed by atoms with Crippen molar-refractivity contribution >= 4 is 21.5 Å². The molecule has 0 unspecified atom stereocenters. The minimum absolute atomic E-state index is 0.0545. The Morgan fingerprint density at radius 1 is 1.04 bits per heavy atom. The lowest BCUT2D eigenvalue weighted by molar-refractivity contribution is 0.0982. The Kier molecular flexibility index (Phi) is 4.17. The lowest BCUT2D eigenvalue weighted by Gasteiger charge is -2.29. The van der Waals surface area contributed by atoms with Crippen molar-refractivity contribution in [1.82, 2.24) is 0 Å². The van der Waals surface area contributed by atoms with E-state index in [1.54, 1.807) is 42.5 Å². The van der Waals surface area contributed by atoms with Crippen LogP contribution in [0.2, 0.25) is 0 Å². The number of fused-ring (bicyclic) bond motifs is 1. The molecule has 0 saturated heterocycles. The van der Waals surface area contributed by atoms with Crippen LogP contribution in [-0.2, 0) is 16.4 Å². The number of para-hydroxylation sites is 1. The summed E-state index contributed by atoms with van der Waals surface area (Å²) in [6, 6.07) is 12.8. The smallest absolute Gasteiger partial charge is 0.235 e. The van der Waals surface area contributed by atoms with Crippen LogP contribution in [0, 0.1) is 5.82 Å². The Hall–Kier alpha value is -2.21. The van der Waals surface area contributed by atoms with E-state index in [1.807, 2.05) is 0 Å². The number of rotatable bonds is 4. The monoisotopic (exact) mass is 333 g/mol. The third kappa shape index (κ3) is 3.12. The summed E-state index contributed by atoms with van der Waals surface area (Å²) >= 11 is 0. The molecule has 4 nitrogen and oxygen atoms in total. The minimum Gasteiger partial charge on any atom is -0.294 e. The van der Waals surface area contributed by atoms with Gasteiger partial charge in [0.25, 0.3) is 0 Å². The van der Waals surface area contributed by atoms with Gasteiger partial charge in [0.2, 0.25) is 10.0 Å². The summed E-state index contributed by atoms with van der Waals surface area (Å²) in [5.74, 6) is -0.658. The number of carbonyl (C=O) groups is 1. The van der Waals surface area contributed by atoms with Crippen LogP contribution < -0.4 is 4.31 Å². The topological polar surface area (TPSA) is 54.5 Å². The van der Waals surface area contributed by atoms with Crippen molar-refractivity contribution in [3.8, 4) is 0 Å². The van der Waals surface area contributed by atoms with Gasteiger partial charge in [-0.1, -0.05) is 30.3 Å². The highest BCUT2D eigenvalue weighted by molar-refractivity contribution is 7.92. The van der Waals surface area contributed by atoms with Crippen molar-refractivity contribution in [1.29, 1.82) is 0 Å². The molecule has 0 aliphatic carbocycles. The Bertz CT molecular complexity index is 848. The minimum atomic E-state index is -3.62. The van der Waals surface area contributed by atoms with Gasteiger partial charge in [0.05, 0.1) is 11.4 Å². The summed E-state index contributed by atoms with van der Waals surface area (Å²) in [6.45, 7) is 0.134. The van der Waals surface area contributed by atoms with E-state index in [0.717, 1.165) is 0 Å². The predicted octanol–water partition coefficient (Wildman–Crippen LogP) is 2.79. The van der Waals surface area contributed by atoms with E-state index < -0.39 is 15.8 Å². The first-order valence-electron chi connectivity index (χ1n) is 7.35. The Labute approximate surface area is 134 Å². The van der Waals surface area contributed by atoms with Crippen LogP contribution in [0.1, 0.15) is 22.3 Å². The van der Waals surface area contributed by atoms with Gasteiger partial charge < -0.3 is 0 Å². The molecule has 2 aromatic carbocycles. The number of sulfonamides is 1. The predicted molar refractivity (Wildman–Crippen MR) is 86.6 cm³/mol. The third-order valence-corrected chi connectivity index (χ3v) is 5.71. The van der Waals surface area contributed by atoms with Crippen molar-refractivity contribution in [2.24, 2.45) is 0 Å². The van der Waals surface area contributed by atoms with Crippen molar-refractivity contribution in [3.05, 3.63) is 65.5 Å². The number of hydrogen-bond donors (Lipinski definition) is 0. The summed E-state index contributed by atoms with van der Waals surface area (Å²) in [6.07, 6.45) is 0.261. The van der Waals surface area contributed by atoms with Crippen LogP contribution in [0.15, 0.2) is 48.5 Å². The number of nitrogens with zero attached hydrogens (tertiary/aromatic N) is 1. The molecule has 0 radical (unpaired) electrons. The molecule has 0 amide bonds. The standard InChI is InChI=1S/C17H16FNO3S/c18-15-7-3-1-5-13(15)10-12-23(21,22)19-11-9-17(20)14-6-2-4-8-16(14)19/h1-8H,9-12H2. The largest absolute Gasteiger partial charge is 0.294 e. The average molecular weight is 333 g/mol. The molecule has 0 spiro atoms. The molecule has 1 heterocycles. The maximum Gasteiger partial charge on any atom is 0.235 e. The zero-order chi connectivity index (χ0) is 16.4. The van der Waals surface area contributed by atoms with Gasteiger partial charge in [0.15, 0.2) is 5.78 Å². The van der Waals surface area contributed by atoms with Crippen LogP contribution >= 0.6 is 0 Å². The molecule has 0 saturated carbocycles. The molecule has 23 heavy (non-hydrogen) atoms. The quantitative estimate of drug-likeness (QED) is 0.864. The molecule has 1 aliphatic rings. The number of halogens is 1. The Morgan fingerprint density at radius 3 is 2.52 bits per heavy atom. The first-order chi connectivity index (χ1) is 11.0. The summed E-state index contributed by atoms with van der Waals surface area (Å²) < 4.78 is 40.2. The molecular weight excluding hydrogens is 317 g/mol. The summed E-state index contributed by atoms with van der Waals surface area (Å²) in [7, 11) is -3.62. The van der Waals surface area contributed by atoms with Crippen LogP contribution in [0.3, 0.4) is 0 Å². The van der Waals surface area contributed by atoms with Crippen molar-refractivity contribution < 1.29 is 17.6 Å². The summed E-state index contributed by atoms with van der Waals surface area (Å²) in [5, 5.41) is 0. The van der Waals surface area contributed by atoms with Gasteiger partial charge in [-0.05, 0) is 30.2 Å². The van der Waals surface area contributed by atoms with E-state index in [9.17, 15) is 17.6 Å². The van der Waals surface area contributed by atoms with Gasteiger partial charge in [-0.15, -0.1) is 0 Å². The molecule has 0 bridgehead atoms. The number of benzene rings is 2. The van der Waals surface area contributed by atoms with Crippen LogP contribution in [0.4, 0.5) is 10.1 Å². The van der Waals surface area contributed by atoms with E-state index in [1.165, 1.54) is 10.4 Å². The van der Waals surface area contributed by atoms with E-state index in [2.05, 4.69) is 0 Å². The highest BCUT2D eigenvalue weighted by Gasteiger charge is 2.30. The Morgan fingerprint density at radius 2 is 1.74 bits per heavy atom. The highest BCUT2D eigenvalue weighted by Crippen LogP contribution is 2.29. The van der Waals surface area contributed by atoms with Gasteiger partial charge in [0.1, 0.15) is 5.82 Å². The average Bonchev–Trinajstić information content (AvgIpc) is 2.54. The summed E-state index contributed by atoms with van der Waals surface area (Å²) in [5.41, 5.74) is 1.21. The molecule has 120 valence electrons. The number of anilines is 1. The lowest BCUT2D eigenvalue weighted by Crippen LogP contribution is -2.39. The number of ketones is 1. The van der Waals surface area contributed by atoms with Gasteiger partial charge in [-0.3, -0.25) is 9.10 Å². The molecule has 3 rings (SSSR count). The lowest BCUT2D eigenvalue weighted by atomic mass is 10.0. The van der Waals surface area contributed by atoms with E-state index in [0.29, 0.717) is 16.8 Å². The van der Waals surface area contributed by atoms with Gasteiger partial charge >= 0.3 is 0 Å². The highest BCUT2D eigenvalue weighted by atomic mass is 32.2. The van der Waals surface area contributed by atoms with Crippen LogP contribution in [-0.4, -0.2) is 26.5 Å². The number of hydrogen-bond acceptors (Lipinski definition) is 3. The zero-order valence-electron chi connectivity index (χ0n) is 12.4. The van der Waals surface area contributed by atoms with Crippen molar-refractivity contribution in [2.75, 3.05) is 16.6 Å². The number of Topliss-reactive ketones (excluding diaryl/α,β-unsaturated/α-hetero) is 1. The molecule has 0 aromatic heterocycles. The second-order valence-corrected chi connectivity index (χ2v) is 7.43. The third-order valence-electron chi connectivity index (χ3n) is 3.94. The van der Waals surface area contributed by atoms with Gasteiger partial charge in [0, 0.05) is 18.5 Å². The number of aryl methyl sites for hydroxylation is 1. The van der Waals surface area contributed by atoms with Crippen molar-refractivity contribution in [2.45, 2.75) is 12.8 Å². The molecule has 0 fully saturated rings. The molecule has 0 N–H and O–H groups in total. The van der Waals surface area contributed by atoms with E-state index >= 15 is 0 Å². The maximum atomic E-state index is 13.6. The van der Waals surface area contributed by atoms with Crippen LogP contribution in [0.5, 0.6) is 0 Å². The normalized spacial score (nSPS) is 14.7. The van der Waals surface area contributed by atoms with Crippen molar-refractivity contribution in [3.63, 3.8) is 0 Å². The fourth-order valence-corrected chi connectivity index (χ4v) is 4.25. The molecule has 1 aliphatic heterocycles. The fourth-order valence-electron chi connectivity index (χ4n) is 2.72. The van der Waals surface area contributed by atoms with Gasteiger partial charge in [-0.2, -0.15) is 0 Å². The van der Waals surface area contributed by atoms with Crippen LogP contribution in [0.25, 0.3) is 0 Å². The summed E-state index contributed by atoms with van der Waals surface area (Å²) in [4.78, 5) is 11.9. The fraction of sp³-hybridized carbons (Fsp3) is 0.235. The first kappa shape index (κ1) is 15.7. The second kappa shape index (κ2) is 6.12. The SMILES string of the molecule is O=C1CCN(S(=O)(=O)CCc2ccccc2F)c2ccccc21. The molecule has 2 aromatic rings. The molecule has 0 atom stereocenters. The van der Waals surface area contributed by atoms with E-state index in [4.69, 9.17) is 0 Å². The number of carbonyl (C=O) groups excluding carboxylic acids is 1. The molecular formula is C17H16FNO3S. The maximum absolute atomic E-state index is 13.6. The van der Waals surface area contributed by atoms with E-state index in [-0.39, 0.29) is 30.9 Å². The second-order valence-electron chi connectivity index (χ2n) is 5.42. The Balaban J connectivity index is 1.85. The zero-order valence-corrected chi connectivity index (χ0v) is 13.2.